The number of carbonyl (C=O) groups excluding carboxylic acids is 2. The van der Waals surface area contributed by atoms with E-state index in [1.807, 2.05) is 62.4 Å². The Morgan fingerprint density at radius 2 is 1.74 bits per heavy atom. The van der Waals surface area contributed by atoms with E-state index < -0.39 is 0 Å². The summed E-state index contributed by atoms with van der Waals surface area (Å²) in [6, 6.07) is 15.1. The van der Waals surface area contributed by atoms with Crippen LogP contribution in [0.15, 0.2) is 57.7 Å². The average molecular weight is 420 g/mol. The lowest BCUT2D eigenvalue weighted by Crippen LogP contribution is -2.24. The van der Waals surface area contributed by atoms with Crippen molar-refractivity contribution < 1.29 is 14.0 Å². The fourth-order valence-corrected chi connectivity index (χ4v) is 4.72. The Labute approximate surface area is 182 Å². The van der Waals surface area contributed by atoms with Gasteiger partial charge in [-0.05, 0) is 63.1 Å². The number of aromatic nitrogens is 1. The van der Waals surface area contributed by atoms with E-state index in [-0.39, 0.29) is 29.3 Å². The molecule has 5 nitrogen and oxygen atoms in total. The first-order valence-electron chi connectivity index (χ1n) is 11.2. The minimum atomic E-state index is -0.364. The molecule has 1 aliphatic rings. The zero-order valence-electron chi connectivity index (χ0n) is 18.2. The van der Waals surface area contributed by atoms with Crippen molar-refractivity contribution in [1.29, 1.82) is 0 Å². The Kier molecular flexibility index (Phi) is 6.21. The summed E-state index contributed by atoms with van der Waals surface area (Å²) in [6.45, 7) is 3.88. The highest BCUT2D eigenvalue weighted by molar-refractivity contribution is 5.96. The van der Waals surface area contributed by atoms with Crippen LogP contribution < -0.4 is 5.76 Å². The molecule has 4 rings (SSSR count). The largest absolute Gasteiger partial charge is 0.420 e. The van der Waals surface area contributed by atoms with Crippen LogP contribution in [0.5, 0.6) is 0 Å². The van der Waals surface area contributed by atoms with Crippen molar-refractivity contribution >= 4 is 22.7 Å². The van der Waals surface area contributed by atoms with Crippen LogP contribution in [0.3, 0.4) is 0 Å². The molecule has 0 aliphatic heterocycles. The van der Waals surface area contributed by atoms with Crippen LogP contribution in [-0.2, 0) is 11.2 Å². The van der Waals surface area contributed by atoms with Gasteiger partial charge < -0.3 is 4.42 Å². The van der Waals surface area contributed by atoms with Crippen molar-refractivity contribution in [2.24, 2.45) is 11.8 Å². The summed E-state index contributed by atoms with van der Waals surface area (Å²) in [4.78, 5) is 37.4. The zero-order valence-corrected chi connectivity index (χ0v) is 18.2. The molecule has 1 fully saturated rings. The number of fused-ring (bicyclic) bond motifs is 1. The van der Waals surface area contributed by atoms with Crippen LogP contribution in [0.25, 0.3) is 11.1 Å². The molecule has 31 heavy (non-hydrogen) atoms. The predicted octanol–water partition coefficient (Wildman–Crippen LogP) is 5.37. The Balaban J connectivity index is 1.34. The molecule has 0 radical (unpaired) electrons. The highest BCUT2D eigenvalue weighted by atomic mass is 16.4. The minimum Gasteiger partial charge on any atom is -0.408 e. The lowest BCUT2D eigenvalue weighted by molar-refractivity contribution is -0.123. The molecule has 162 valence electrons. The first-order valence-corrected chi connectivity index (χ1v) is 11.2. The van der Waals surface area contributed by atoms with Gasteiger partial charge in [0.25, 0.3) is 0 Å². The molecular formula is C26H29NO4. The summed E-state index contributed by atoms with van der Waals surface area (Å²) < 4.78 is 7.00. The maximum absolute atomic E-state index is 12.9. The molecule has 0 spiro atoms. The quantitative estimate of drug-likeness (QED) is 0.483. The summed E-state index contributed by atoms with van der Waals surface area (Å²) in [7, 11) is 0. The van der Waals surface area contributed by atoms with Gasteiger partial charge >= 0.3 is 5.76 Å². The van der Waals surface area contributed by atoms with E-state index in [0.29, 0.717) is 24.3 Å². The number of nitrogens with zero attached hydrogens (tertiary/aromatic N) is 1. The van der Waals surface area contributed by atoms with Crippen LogP contribution in [0, 0.1) is 11.8 Å². The van der Waals surface area contributed by atoms with Crippen molar-refractivity contribution in [1.82, 2.24) is 4.57 Å². The van der Waals surface area contributed by atoms with Gasteiger partial charge in [0.05, 0.1) is 5.52 Å². The van der Waals surface area contributed by atoms with Crippen molar-refractivity contribution in [3.05, 3.63) is 70.2 Å². The highest BCUT2D eigenvalue weighted by Gasteiger charge is 2.27. The number of hydrogen-bond acceptors (Lipinski definition) is 4. The van der Waals surface area contributed by atoms with E-state index in [1.54, 1.807) is 4.57 Å². The minimum absolute atomic E-state index is 0.0187. The summed E-state index contributed by atoms with van der Waals surface area (Å²) in [5.41, 5.74) is 2.95. The number of hydrogen-bond donors (Lipinski definition) is 0. The molecule has 0 amide bonds. The molecule has 1 aliphatic carbocycles. The maximum Gasteiger partial charge on any atom is 0.420 e. The third-order valence-electron chi connectivity index (χ3n) is 6.44. The topological polar surface area (TPSA) is 69.3 Å². The van der Waals surface area contributed by atoms with Gasteiger partial charge in [-0.15, -0.1) is 0 Å². The van der Waals surface area contributed by atoms with Gasteiger partial charge in [0, 0.05) is 30.4 Å². The normalized spacial score (nSPS) is 19.1. The standard InChI is InChI=1S/C26H29NO4/c1-17(2)27-22-13-10-19(16-25(22)31-26(27)30)15-24(29)21-11-8-18(9-12-21)14-23(28)20-6-4-3-5-7-20/h3-7,10,13,16-18,21H,8-9,11-12,14-15H2,1-2H3. The van der Waals surface area contributed by atoms with Crippen LogP contribution in [-0.4, -0.2) is 16.1 Å². The van der Waals surface area contributed by atoms with Crippen molar-refractivity contribution in [3.63, 3.8) is 0 Å². The summed E-state index contributed by atoms with van der Waals surface area (Å²) in [5, 5.41) is 0. The average Bonchev–Trinajstić information content (AvgIpc) is 3.10. The summed E-state index contributed by atoms with van der Waals surface area (Å²) in [5.74, 6) is 0.470. The van der Waals surface area contributed by atoms with Crippen molar-refractivity contribution in [2.45, 2.75) is 58.4 Å². The molecule has 0 atom stereocenters. The van der Waals surface area contributed by atoms with E-state index in [4.69, 9.17) is 4.42 Å². The molecule has 1 aromatic heterocycles. The second-order valence-electron chi connectivity index (χ2n) is 8.99. The number of ketones is 2. The first kappa shape index (κ1) is 21.3. The lowest BCUT2D eigenvalue weighted by atomic mass is 9.77. The molecule has 1 heterocycles. The van der Waals surface area contributed by atoms with E-state index in [1.165, 1.54) is 0 Å². The predicted molar refractivity (Wildman–Crippen MR) is 120 cm³/mol. The van der Waals surface area contributed by atoms with Gasteiger partial charge in [-0.3, -0.25) is 14.2 Å². The second kappa shape index (κ2) is 9.04. The lowest BCUT2D eigenvalue weighted by Gasteiger charge is -2.27. The third kappa shape index (κ3) is 4.71. The highest BCUT2D eigenvalue weighted by Crippen LogP contribution is 2.33. The zero-order chi connectivity index (χ0) is 22.0. The number of Topliss-reactive ketones (excluding diaryl/α,β-unsaturated/α-hetero) is 2. The van der Waals surface area contributed by atoms with E-state index in [2.05, 4.69) is 0 Å². The third-order valence-corrected chi connectivity index (χ3v) is 6.44. The number of rotatable bonds is 7. The van der Waals surface area contributed by atoms with Crippen LogP contribution in [0.1, 0.15) is 67.9 Å². The second-order valence-corrected chi connectivity index (χ2v) is 8.99. The molecule has 3 aromatic rings. The van der Waals surface area contributed by atoms with Gasteiger partial charge in [0.2, 0.25) is 0 Å². The summed E-state index contributed by atoms with van der Waals surface area (Å²) >= 11 is 0. The first-order chi connectivity index (χ1) is 14.9. The molecule has 2 aromatic carbocycles. The summed E-state index contributed by atoms with van der Waals surface area (Å²) in [6.07, 6.45) is 4.43. The molecule has 1 saturated carbocycles. The number of oxazole rings is 1. The van der Waals surface area contributed by atoms with Gasteiger partial charge in [-0.25, -0.2) is 4.79 Å². The van der Waals surface area contributed by atoms with Gasteiger partial charge in [0.1, 0.15) is 5.78 Å². The van der Waals surface area contributed by atoms with Crippen molar-refractivity contribution in [3.8, 4) is 0 Å². The van der Waals surface area contributed by atoms with Gasteiger partial charge in [-0.2, -0.15) is 0 Å². The Morgan fingerprint density at radius 1 is 1.03 bits per heavy atom. The Bertz CT molecular complexity index is 1130. The van der Waals surface area contributed by atoms with Crippen LogP contribution in [0.2, 0.25) is 0 Å². The Hall–Kier alpha value is -2.95. The van der Waals surface area contributed by atoms with E-state index in [9.17, 15) is 14.4 Å². The van der Waals surface area contributed by atoms with Crippen molar-refractivity contribution in [2.75, 3.05) is 0 Å². The number of carbonyl (C=O) groups is 2. The molecule has 0 unspecified atom stereocenters. The maximum atomic E-state index is 12.9. The molecule has 5 heteroatoms. The number of benzene rings is 2. The molecule has 0 saturated heterocycles. The monoisotopic (exact) mass is 419 g/mol. The van der Waals surface area contributed by atoms with Crippen LogP contribution in [0.4, 0.5) is 0 Å². The molecule has 0 bridgehead atoms. The fraction of sp³-hybridized carbons (Fsp3) is 0.423. The van der Waals surface area contributed by atoms with E-state index >= 15 is 0 Å². The van der Waals surface area contributed by atoms with Gasteiger partial charge in [0.15, 0.2) is 11.4 Å². The van der Waals surface area contributed by atoms with Gasteiger partial charge in [-0.1, -0.05) is 36.4 Å². The van der Waals surface area contributed by atoms with E-state index in [0.717, 1.165) is 42.3 Å². The molecular weight excluding hydrogens is 390 g/mol. The molecule has 0 N–H and O–H groups in total. The van der Waals surface area contributed by atoms with Crippen LogP contribution >= 0.6 is 0 Å². The SMILES string of the molecule is CC(C)n1c(=O)oc2cc(CC(=O)C3CCC(CC(=O)c4ccccc4)CC3)ccc21. The fourth-order valence-electron chi connectivity index (χ4n) is 4.72. The Morgan fingerprint density at radius 3 is 2.42 bits per heavy atom. The smallest absolute Gasteiger partial charge is 0.408 e.